The van der Waals surface area contributed by atoms with Crippen LogP contribution in [0.15, 0.2) is 18.2 Å². The van der Waals surface area contributed by atoms with Crippen LogP contribution in [0.4, 0.5) is 0 Å². The molecule has 0 fully saturated rings. The Kier molecular flexibility index (Phi) is 2.47. The van der Waals surface area contributed by atoms with E-state index < -0.39 is 0 Å². The lowest BCUT2D eigenvalue weighted by atomic mass is 9.85. The zero-order chi connectivity index (χ0) is 11.1. The van der Waals surface area contributed by atoms with Gasteiger partial charge in [-0.1, -0.05) is 26.0 Å². The number of fused-ring (bicyclic) bond motifs is 1. The van der Waals surface area contributed by atoms with E-state index in [0.717, 1.165) is 12.2 Å². The Bertz CT molecular complexity index is 371. The lowest BCUT2D eigenvalue weighted by Gasteiger charge is -2.26. The third-order valence-corrected chi connectivity index (χ3v) is 3.40. The van der Waals surface area contributed by atoms with Gasteiger partial charge in [0.2, 0.25) is 0 Å². The number of hydrogen-bond donors (Lipinski definition) is 1. The molecular weight excluding hydrogens is 186 g/mol. The standard InChI is InChI=1S/C13H19NO/c1-13(2)8-10-9(12(13)14-3)6-5-7-11(10)15-4/h5-7,12,14H,8H2,1-4H3. The van der Waals surface area contributed by atoms with Gasteiger partial charge in [0.1, 0.15) is 5.75 Å². The minimum atomic E-state index is 0.270. The Morgan fingerprint density at radius 3 is 2.73 bits per heavy atom. The SMILES string of the molecule is CNC1c2cccc(OC)c2CC1(C)C. The molecule has 15 heavy (non-hydrogen) atoms. The fourth-order valence-electron chi connectivity index (χ4n) is 2.76. The maximum absolute atomic E-state index is 5.42. The van der Waals surface area contributed by atoms with Gasteiger partial charge in [0.25, 0.3) is 0 Å². The van der Waals surface area contributed by atoms with Crippen molar-refractivity contribution in [1.82, 2.24) is 5.32 Å². The highest BCUT2D eigenvalue weighted by molar-refractivity contribution is 5.47. The summed E-state index contributed by atoms with van der Waals surface area (Å²) in [5.41, 5.74) is 3.03. The predicted molar refractivity (Wildman–Crippen MR) is 62.3 cm³/mol. The topological polar surface area (TPSA) is 21.3 Å². The quantitative estimate of drug-likeness (QED) is 0.801. The molecule has 1 N–H and O–H groups in total. The van der Waals surface area contributed by atoms with Gasteiger partial charge in [-0.15, -0.1) is 0 Å². The zero-order valence-corrected chi connectivity index (χ0v) is 9.92. The number of rotatable bonds is 2. The Hall–Kier alpha value is -1.02. The third-order valence-electron chi connectivity index (χ3n) is 3.40. The van der Waals surface area contributed by atoms with E-state index in [2.05, 4.69) is 31.3 Å². The van der Waals surface area contributed by atoms with Crippen LogP contribution in [-0.2, 0) is 6.42 Å². The van der Waals surface area contributed by atoms with Crippen LogP contribution in [0.1, 0.15) is 31.0 Å². The summed E-state index contributed by atoms with van der Waals surface area (Å²) in [7, 11) is 3.77. The summed E-state index contributed by atoms with van der Waals surface area (Å²) in [6, 6.07) is 6.76. The average Bonchev–Trinajstić information content (AvgIpc) is 2.46. The molecule has 0 radical (unpaired) electrons. The molecule has 1 unspecified atom stereocenters. The van der Waals surface area contributed by atoms with Gasteiger partial charge in [0, 0.05) is 6.04 Å². The van der Waals surface area contributed by atoms with E-state index in [1.165, 1.54) is 11.1 Å². The molecular formula is C13H19NO. The molecule has 1 aliphatic rings. The molecule has 1 aromatic rings. The van der Waals surface area contributed by atoms with Crippen LogP contribution in [0.2, 0.25) is 0 Å². The highest BCUT2D eigenvalue weighted by atomic mass is 16.5. The molecule has 0 amide bonds. The van der Waals surface area contributed by atoms with Gasteiger partial charge in [-0.2, -0.15) is 0 Å². The lowest BCUT2D eigenvalue weighted by Crippen LogP contribution is -2.28. The van der Waals surface area contributed by atoms with Crippen molar-refractivity contribution in [2.24, 2.45) is 5.41 Å². The second-order valence-corrected chi connectivity index (χ2v) is 4.92. The predicted octanol–water partition coefficient (Wildman–Crippen LogP) is 2.54. The number of ether oxygens (including phenoxy) is 1. The second kappa shape index (κ2) is 3.53. The highest BCUT2D eigenvalue weighted by Crippen LogP contribution is 2.47. The van der Waals surface area contributed by atoms with Gasteiger partial charge in [-0.25, -0.2) is 0 Å². The van der Waals surface area contributed by atoms with Gasteiger partial charge in [0.05, 0.1) is 7.11 Å². The van der Waals surface area contributed by atoms with Gasteiger partial charge < -0.3 is 10.1 Å². The molecule has 0 saturated heterocycles. The number of methoxy groups -OCH3 is 1. The van der Waals surface area contributed by atoms with Gasteiger partial charge in [-0.05, 0) is 36.1 Å². The Balaban J connectivity index is 2.51. The molecule has 0 heterocycles. The van der Waals surface area contributed by atoms with E-state index in [1.54, 1.807) is 7.11 Å². The number of nitrogens with one attached hydrogen (secondary N) is 1. The molecule has 1 atom stereocenters. The molecule has 2 rings (SSSR count). The maximum atomic E-state index is 5.42. The summed E-state index contributed by atoms with van der Waals surface area (Å²) in [5.74, 6) is 1.03. The van der Waals surface area contributed by atoms with Gasteiger partial charge in [0.15, 0.2) is 0 Å². The van der Waals surface area contributed by atoms with Crippen molar-refractivity contribution >= 4 is 0 Å². The first-order chi connectivity index (χ1) is 7.10. The van der Waals surface area contributed by atoms with Crippen molar-refractivity contribution < 1.29 is 4.74 Å². The van der Waals surface area contributed by atoms with Crippen LogP contribution in [0.5, 0.6) is 5.75 Å². The molecule has 2 heteroatoms. The zero-order valence-electron chi connectivity index (χ0n) is 9.92. The summed E-state index contributed by atoms with van der Waals surface area (Å²) in [6.45, 7) is 4.60. The average molecular weight is 205 g/mol. The second-order valence-electron chi connectivity index (χ2n) is 4.92. The smallest absolute Gasteiger partial charge is 0.122 e. The minimum Gasteiger partial charge on any atom is -0.496 e. The number of hydrogen-bond acceptors (Lipinski definition) is 2. The van der Waals surface area contributed by atoms with Crippen LogP contribution in [0, 0.1) is 5.41 Å². The Morgan fingerprint density at radius 1 is 1.40 bits per heavy atom. The van der Waals surface area contributed by atoms with E-state index in [9.17, 15) is 0 Å². The lowest BCUT2D eigenvalue weighted by molar-refractivity contribution is 0.281. The van der Waals surface area contributed by atoms with E-state index in [0.29, 0.717) is 6.04 Å². The van der Waals surface area contributed by atoms with E-state index in [4.69, 9.17) is 4.74 Å². The van der Waals surface area contributed by atoms with E-state index in [-0.39, 0.29) is 5.41 Å². The molecule has 1 aliphatic carbocycles. The van der Waals surface area contributed by atoms with E-state index >= 15 is 0 Å². The summed E-state index contributed by atoms with van der Waals surface area (Å²) in [4.78, 5) is 0. The molecule has 2 nitrogen and oxygen atoms in total. The fourth-order valence-corrected chi connectivity index (χ4v) is 2.76. The third kappa shape index (κ3) is 1.53. The maximum Gasteiger partial charge on any atom is 0.122 e. The molecule has 0 spiro atoms. The van der Waals surface area contributed by atoms with Crippen molar-refractivity contribution in [3.05, 3.63) is 29.3 Å². The van der Waals surface area contributed by atoms with Crippen molar-refractivity contribution in [3.63, 3.8) is 0 Å². The van der Waals surface area contributed by atoms with Crippen LogP contribution < -0.4 is 10.1 Å². The normalized spacial score (nSPS) is 22.5. The monoisotopic (exact) mass is 205 g/mol. The van der Waals surface area contributed by atoms with Crippen LogP contribution in [0.3, 0.4) is 0 Å². The largest absolute Gasteiger partial charge is 0.496 e. The van der Waals surface area contributed by atoms with Gasteiger partial charge in [-0.3, -0.25) is 0 Å². The first kappa shape index (κ1) is 10.5. The Morgan fingerprint density at radius 2 is 2.13 bits per heavy atom. The van der Waals surface area contributed by atoms with Crippen molar-refractivity contribution in [3.8, 4) is 5.75 Å². The van der Waals surface area contributed by atoms with Crippen LogP contribution in [-0.4, -0.2) is 14.2 Å². The Labute approximate surface area is 91.6 Å². The highest BCUT2D eigenvalue weighted by Gasteiger charge is 2.39. The van der Waals surface area contributed by atoms with Crippen LogP contribution >= 0.6 is 0 Å². The summed E-state index contributed by atoms with van der Waals surface area (Å²) < 4.78 is 5.42. The molecule has 0 bridgehead atoms. The van der Waals surface area contributed by atoms with Crippen LogP contribution in [0.25, 0.3) is 0 Å². The molecule has 82 valence electrons. The van der Waals surface area contributed by atoms with E-state index in [1.807, 2.05) is 13.1 Å². The number of benzene rings is 1. The first-order valence-corrected chi connectivity index (χ1v) is 5.43. The molecule has 0 saturated carbocycles. The summed E-state index contributed by atoms with van der Waals surface area (Å²) >= 11 is 0. The minimum absolute atomic E-state index is 0.270. The van der Waals surface area contributed by atoms with Crippen molar-refractivity contribution in [2.75, 3.05) is 14.2 Å². The van der Waals surface area contributed by atoms with Gasteiger partial charge >= 0.3 is 0 Å². The first-order valence-electron chi connectivity index (χ1n) is 5.43. The molecule has 0 aliphatic heterocycles. The summed E-state index contributed by atoms with van der Waals surface area (Å²) in [5, 5.41) is 3.41. The van der Waals surface area contributed by atoms with Crippen molar-refractivity contribution in [2.45, 2.75) is 26.3 Å². The molecule has 1 aromatic carbocycles. The fraction of sp³-hybridized carbons (Fsp3) is 0.538. The molecule has 0 aromatic heterocycles. The van der Waals surface area contributed by atoms with Crippen molar-refractivity contribution in [1.29, 1.82) is 0 Å². The summed E-state index contributed by atoms with van der Waals surface area (Å²) in [6.07, 6.45) is 1.08.